The van der Waals surface area contributed by atoms with Crippen LogP contribution in [0.2, 0.25) is 5.02 Å². The van der Waals surface area contributed by atoms with Crippen LogP contribution in [0.3, 0.4) is 0 Å². The third-order valence-corrected chi connectivity index (χ3v) is 4.99. The second-order valence-corrected chi connectivity index (χ2v) is 7.60. The Kier molecular flexibility index (Phi) is 6.19. The lowest BCUT2D eigenvalue weighted by molar-refractivity contribution is -0.123. The van der Waals surface area contributed by atoms with E-state index in [1.807, 2.05) is 0 Å². The van der Waals surface area contributed by atoms with Gasteiger partial charge in [-0.1, -0.05) is 17.7 Å². The van der Waals surface area contributed by atoms with Gasteiger partial charge in [-0.3, -0.25) is 4.79 Å². The van der Waals surface area contributed by atoms with Crippen LogP contribution in [0.1, 0.15) is 22.8 Å². The molecule has 0 radical (unpaired) electrons. The number of primary sulfonamides is 1. The highest BCUT2D eigenvalue weighted by Gasteiger charge is 2.23. The number of carbonyl (C=O) groups excluding carboxylic acids is 2. The predicted molar refractivity (Wildman–Crippen MR) is 97.5 cm³/mol. The summed E-state index contributed by atoms with van der Waals surface area (Å²) in [6, 6.07) is 7.34. The fraction of sp³-hybridized carbons (Fsp3) is 0.176. The Morgan fingerprint density at radius 2 is 1.93 bits per heavy atom. The maximum Gasteiger partial charge on any atom is 0.341 e. The number of amides is 1. The fourth-order valence-corrected chi connectivity index (χ4v) is 2.81. The van der Waals surface area contributed by atoms with E-state index in [-0.39, 0.29) is 0 Å². The number of hydrogen-bond donors (Lipinski definition) is 2. The van der Waals surface area contributed by atoms with Gasteiger partial charge >= 0.3 is 5.97 Å². The predicted octanol–water partition coefficient (Wildman–Crippen LogP) is 2.62. The molecule has 0 spiro atoms. The average molecular weight is 415 g/mol. The largest absolute Gasteiger partial charge is 0.449 e. The molecule has 0 saturated heterocycles. The normalized spacial score (nSPS) is 12.3. The number of anilines is 1. The van der Waals surface area contributed by atoms with Crippen molar-refractivity contribution in [3.63, 3.8) is 0 Å². The quantitative estimate of drug-likeness (QED) is 0.729. The second-order valence-electron chi connectivity index (χ2n) is 5.64. The lowest BCUT2D eigenvalue weighted by Gasteiger charge is -2.15. The van der Waals surface area contributed by atoms with Crippen LogP contribution < -0.4 is 10.5 Å². The van der Waals surface area contributed by atoms with Gasteiger partial charge in [-0.2, -0.15) is 0 Å². The van der Waals surface area contributed by atoms with E-state index < -0.39 is 44.3 Å². The smallest absolute Gasteiger partial charge is 0.341 e. The standard InChI is InChI=1S/C17H16ClFN2O5S/c1-9-13(18)4-3-5-15(9)21-16(22)10(2)26-17(23)12-8-11(27(20,24)25)6-7-14(12)19/h3-8,10H,1-2H3,(H,21,22)(H2,20,24,25)/t10-/m0/s1. The third kappa shape index (κ3) is 5.03. The summed E-state index contributed by atoms with van der Waals surface area (Å²) in [4.78, 5) is 23.9. The molecule has 0 heterocycles. The first kappa shape index (κ1) is 20.8. The molecule has 2 aromatic rings. The van der Waals surface area contributed by atoms with E-state index in [4.69, 9.17) is 21.5 Å². The minimum absolute atomic E-state index is 0.429. The summed E-state index contributed by atoms with van der Waals surface area (Å²) in [5.74, 6) is -2.88. The maximum absolute atomic E-state index is 13.9. The van der Waals surface area contributed by atoms with Crippen LogP contribution in [0.15, 0.2) is 41.3 Å². The summed E-state index contributed by atoms with van der Waals surface area (Å²) < 4.78 is 41.5. The number of benzene rings is 2. The highest BCUT2D eigenvalue weighted by Crippen LogP contribution is 2.23. The molecule has 27 heavy (non-hydrogen) atoms. The van der Waals surface area contributed by atoms with Gasteiger partial charge in [-0.25, -0.2) is 22.7 Å². The first-order valence-corrected chi connectivity index (χ1v) is 9.52. The molecule has 7 nitrogen and oxygen atoms in total. The Morgan fingerprint density at radius 3 is 2.56 bits per heavy atom. The van der Waals surface area contributed by atoms with Gasteiger partial charge < -0.3 is 10.1 Å². The number of carbonyl (C=O) groups is 2. The van der Waals surface area contributed by atoms with Gasteiger partial charge in [0.05, 0.1) is 10.5 Å². The SMILES string of the molecule is Cc1c(Cl)cccc1NC(=O)[C@H](C)OC(=O)c1cc(S(N)(=O)=O)ccc1F. The lowest BCUT2D eigenvalue weighted by Crippen LogP contribution is -2.30. The molecule has 0 aliphatic heterocycles. The Balaban J connectivity index is 2.15. The van der Waals surface area contributed by atoms with Gasteiger partial charge in [0, 0.05) is 10.7 Å². The van der Waals surface area contributed by atoms with Crippen molar-refractivity contribution in [2.45, 2.75) is 24.8 Å². The van der Waals surface area contributed by atoms with Crippen molar-refractivity contribution in [2.75, 3.05) is 5.32 Å². The zero-order valence-electron chi connectivity index (χ0n) is 14.3. The second kappa shape index (κ2) is 8.03. The summed E-state index contributed by atoms with van der Waals surface area (Å²) in [7, 11) is -4.14. The first-order chi connectivity index (χ1) is 12.5. The maximum atomic E-state index is 13.9. The third-order valence-electron chi connectivity index (χ3n) is 3.66. The number of esters is 1. The van der Waals surface area contributed by atoms with Gasteiger partial charge in [-0.05, 0) is 49.7 Å². The first-order valence-electron chi connectivity index (χ1n) is 7.60. The number of nitrogens with two attached hydrogens (primary N) is 1. The molecule has 2 rings (SSSR count). The van der Waals surface area contributed by atoms with Gasteiger partial charge in [0.2, 0.25) is 10.0 Å². The molecule has 0 bridgehead atoms. The minimum atomic E-state index is -4.14. The number of halogens is 2. The van der Waals surface area contributed by atoms with Crippen molar-refractivity contribution in [1.82, 2.24) is 0 Å². The molecular weight excluding hydrogens is 399 g/mol. The highest BCUT2D eigenvalue weighted by atomic mass is 35.5. The minimum Gasteiger partial charge on any atom is -0.449 e. The molecule has 1 atom stereocenters. The molecule has 0 aliphatic carbocycles. The molecule has 10 heteroatoms. The van der Waals surface area contributed by atoms with Crippen molar-refractivity contribution < 1.29 is 27.1 Å². The van der Waals surface area contributed by atoms with E-state index in [0.29, 0.717) is 16.3 Å². The molecule has 1 amide bonds. The van der Waals surface area contributed by atoms with Crippen LogP contribution in [0.4, 0.5) is 10.1 Å². The molecule has 2 aromatic carbocycles. The molecule has 0 saturated carbocycles. The van der Waals surface area contributed by atoms with Gasteiger partial charge in [0.15, 0.2) is 6.10 Å². The average Bonchev–Trinajstić information content (AvgIpc) is 2.58. The van der Waals surface area contributed by atoms with Crippen molar-refractivity contribution >= 4 is 39.2 Å². The number of rotatable bonds is 5. The molecule has 0 aromatic heterocycles. The number of nitrogens with one attached hydrogen (secondary N) is 1. The molecule has 0 fully saturated rings. The summed E-state index contributed by atoms with van der Waals surface area (Å²) >= 11 is 5.97. The van der Waals surface area contributed by atoms with Crippen molar-refractivity contribution in [3.05, 3.63) is 58.4 Å². The molecule has 3 N–H and O–H groups in total. The van der Waals surface area contributed by atoms with E-state index in [2.05, 4.69) is 5.32 Å². The Hall–Kier alpha value is -2.49. The summed E-state index contributed by atoms with van der Waals surface area (Å²) in [6.45, 7) is 2.98. The fourth-order valence-electron chi connectivity index (χ4n) is 2.09. The molecule has 0 aliphatic rings. The zero-order valence-corrected chi connectivity index (χ0v) is 15.9. The molecular formula is C17H16ClFN2O5S. The van der Waals surface area contributed by atoms with Gasteiger partial charge in [-0.15, -0.1) is 0 Å². The van der Waals surface area contributed by atoms with Crippen molar-refractivity contribution in [2.24, 2.45) is 5.14 Å². The van der Waals surface area contributed by atoms with Crippen LogP contribution in [-0.2, 0) is 19.6 Å². The number of sulfonamides is 1. The van der Waals surface area contributed by atoms with Gasteiger partial charge in [0.25, 0.3) is 5.91 Å². The number of hydrogen-bond acceptors (Lipinski definition) is 5. The highest BCUT2D eigenvalue weighted by molar-refractivity contribution is 7.89. The summed E-state index contributed by atoms with van der Waals surface area (Å²) in [5.41, 5.74) is 0.399. The van der Waals surface area contributed by atoms with E-state index in [0.717, 1.165) is 18.2 Å². The summed E-state index contributed by atoms with van der Waals surface area (Å²) in [6.07, 6.45) is -1.28. The van der Waals surface area contributed by atoms with Crippen LogP contribution >= 0.6 is 11.6 Å². The lowest BCUT2D eigenvalue weighted by atomic mass is 10.2. The summed E-state index contributed by atoms with van der Waals surface area (Å²) in [5, 5.41) is 7.95. The van der Waals surface area contributed by atoms with Crippen molar-refractivity contribution in [3.8, 4) is 0 Å². The van der Waals surface area contributed by atoms with Crippen LogP contribution in [0.5, 0.6) is 0 Å². The van der Waals surface area contributed by atoms with E-state index in [1.54, 1.807) is 25.1 Å². The van der Waals surface area contributed by atoms with E-state index in [1.165, 1.54) is 6.92 Å². The van der Waals surface area contributed by atoms with E-state index >= 15 is 0 Å². The van der Waals surface area contributed by atoms with Crippen molar-refractivity contribution in [1.29, 1.82) is 0 Å². The van der Waals surface area contributed by atoms with E-state index in [9.17, 15) is 22.4 Å². The molecule has 0 unspecified atom stereocenters. The number of ether oxygens (including phenoxy) is 1. The topological polar surface area (TPSA) is 116 Å². The molecule has 144 valence electrons. The Labute approximate surface area is 160 Å². The Morgan fingerprint density at radius 1 is 1.26 bits per heavy atom. The monoisotopic (exact) mass is 414 g/mol. The van der Waals surface area contributed by atoms with Crippen LogP contribution in [0, 0.1) is 12.7 Å². The van der Waals surface area contributed by atoms with Crippen LogP contribution in [0.25, 0.3) is 0 Å². The zero-order chi connectivity index (χ0) is 20.4. The Bertz CT molecular complexity index is 1010. The van der Waals surface area contributed by atoms with Gasteiger partial charge in [0.1, 0.15) is 5.82 Å². The van der Waals surface area contributed by atoms with Crippen LogP contribution in [-0.4, -0.2) is 26.4 Å².